The fourth-order valence-corrected chi connectivity index (χ4v) is 10.8. The monoisotopic (exact) mass is 516 g/mol. The van der Waals surface area contributed by atoms with E-state index in [4.69, 9.17) is 0 Å². The Morgan fingerprint density at radius 1 is 0.811 bits per heavy atom. The molecule has 4 fully saturated rings. The molecule has 0 radical (unpaired) electrons. The maximum absolute atomic E-state index is 11.4. The standard InChI is InChI=1S/C35H65NO/c1-8-10-21-36(22-11-9-2)32-24-35(7)27(23-33(32)37)15-16-28-30-18-17-29(26(5)14-12-13-25(3)4)34(30,6)20-19-31(28)35/h25-33,37H,8-24H2,1-7H3/t26-,27+,28+,29-,30+,31+,32+,33+,34-,35+/m1/s1. The van der Waals surface area contributed by atoms with Crippen molar-refractivity contribution in [3.63, 3.8) is 0 Å². The van der Waals surface area contributed by atoms with Crippen molar-refractivity contribution in [1.29, 1.82) is 0 Å². The summed E-state index contributed by atoms with van der Waals surface area (Å²) in [5, 5.41) is 11.4. The quantitative estimate of drug-likeness (QED) is 0.280. The van der Waals surface area contributed by atoms with Crippen LogP contribution in [-0.2, 0) is 0 Å². The molecule has 0 spiro atoms. The van der Waals surface area contributed by atoms with Gasteiger partial charge in [-0.15, -0.1) is 0 Å². The van der Waals surface area contributed by atoms with Gasteiger partial charge in [-0.1, -0.05) is 80.6 Å². The number of aliphatic hydroxyl groups is 1. The van der Waals surface area contributed by atoms with Gasteiger partial charge in [0.1, 0.15) is 0 Å². The molecule has 0 aromatic rings. The van der Waals surface area contributed by atoms with E-state index < -0.39 is 0 Å². The van der Waals surface area contributed by atoms with Gasteiger partial charge in [0.05, 0.1) is 6.10 Å². The van der Waals surface area contributed by atoms with Gasteiger partial charge in [-0.2, -0.15) is 0 Å². The predicted molar refractivity (Wildman–Crippen MR) is 160 cm³/mol. The molecule has 216 valence electrons. The average Bonchev–Trinajstić information content (AvgIpc) is 3.21. The van der Waals surface area contributed by atoms with E-state index in [-0.39, 0.29) is 6.10 Å². The van der Waals surface area contributed by atoms with Crippen molar-refractivity contribution in [3.05, 3.63) is 0 Å². The van der Waals surface area contributed by atoms with Crippen LogP contribution in [0.4, 0.5) is 0 Å². The zero-order chi connectivity index (χ0) is 26.8. The van der Waals surface area contributed by atoms with Gasteiger partial charge in [0.15, 0.2) is 0 Å². The molecule has 0 saturated heterocycles. The molecule has 10 atom stereocenters. The number of aliphatic hydroxyl groups excluding tert-OH is 1. The molecular weight excluding hydrogens is 450 g/mol. The highest BCUT2D eigenvalue weighted by Gasteiger charge is 2.61. The third-order valence-electron chi connectivity index (χ3n) is 13.0. The summed E-state index contributed by atoms with van der Waals surface area (Å²) in [6.07, 6.45) is 20.3. The first-order chi connectivity index (χ1) is 17.7. The molecule has 0 heterocycles. The molecule has 0 bridgehead atoms. The molecule has 0 aromatic heterocycles. The number of unbranched alkanes of at least 4 members (excludes halogenated alkanes) is 2. The first-order valence-corrected chi connectivity index (χ1v) is 17.1. The molecule has 2 heteroatoms. The molecule has 0 amide bonds. The zero-order valence-electron chi connectivity index (χ0n) is 26.1. The summed E-state index contributed by atoms with van der Waals surface area (Å²) in [5.74, 6) is 6.26. The van der Waals surface area contributed by atoms with Crippen LogP contribution in [0, 0.1) is 52.3 Å². The van der Waals surface area contributed by atoms with E-state index in [1.807, 2.05) is 0 Å². The number of hydrogen-bond acceptors (Lipinski definition) is 2. The number of rotatable bonds is 12. The van der Waals surface area contributed by atoms with Crippen LogP contribution < -0.4 is 0 Å². The van der Waals surface area contributed by atoms with Crippen LogP contribution in [0.25, 0.3) is 0 Å². The normalized spacial score (nSPS) is 42.5. The summed E-state index contributed by atoms with van der Waals surface area (Å²) in [6, 6.07) is 0.392. The maximum atomic E-state index is 11.4. The van der Waals surface area contributed by atoms with Crippen molar-refractivity contribution in [2.45, 2.75) is 157 Å². The minimum absolute atomic E-state index is 0.111. The Kier molecular flexibility index (Phi) is 10.2. The van der Waals surface area contributed by atoms with Crippen LogP contribution in [0.2, 0.25) is 0 Å². The molecule has 37 heavy (non-hydrogen) atoms. The van der Waals surface area contributed by atoms with Gasteiger partial charge in [0.2, 0.25) is 0 Å². The van der Waals surface area contributed by atoms with Gasteiger partial charge in [0, 0.05) is 6.04 Å². The Hall–Kier alpha value is -0.0800. The topological polar surface area (TPSA) is 23.5 Å². The molecule has 0 aromatic carbocycles. The third kappa shape index (κ3) is 6.01. The highest BCUT2D eigenvalue weighted by molar-refractivity contribution is 5.11. The lowest BCUT2D eigenvalue weighted by Gasteiger charge is -2.63. The van der Waals surface area contributed by atoms with Crippen molar-refractivity contribution in [2.24, 2.45) is 52.3 Å². The lowest BCUT2D eigenvalue weighted by atomic mass is 9.44. The largest absolute Gasteiger partial charge is 0.391 e. The van der Waals surface area contributed by atoms with Crippen molar-refractivity contribution in [1.82, 2.24) is 4.90 Å². The molecule has 1 N–H and O–H groups in total. The summed E-state index contributed by atoms with van der Waals surface area (Å²) < 4.78 is 0. The van der Waals surface area contributed by atoms with Gasteiger partial charge in [-0.3, -0.25) is 4.90 Å². The van der Waals surface area contributed by atoms with Crippen LogP contribution >= 0.6 is 0 Å². The van der Waals surface area contributed by atoms with E-state index in [1.54, 1.807) is 0 Å². The van der Waals surface area contributed by atoms with Crippen LogP contribution in [0.3, 0.4) is 0 Å². The second-order valence-corrected chi connectivity index (χ2v) is 15.5. The predicted octanol–water partition coefficient (Wildman–Crippen LogP) is 9.35. The Labute approximate surface area is 232 Å². The first-order valence-electron chi connectivity index (χ1n) is 17.1. The maximum Gasteiger partial charge on any atom is 0.0698 e. The van der Waals surface area contributed by atoms with Crippen molar-refractivity contribution < 1.29 is 5.11 Å². The van der Waals surface area contributed by atoms with E-state index >= 15 is 0 Å². The SMILES string of the molecule is CCCCN(CCCC)[C@H]1C[C@@]2(C)[C@@H](CC[C@@H]3[C@@H]2CC[C@]2(C)[C@@H]([C@H](C)CCCC(C)C)CC[C@@H]32)C[C@@H]1O. The van der Waals surface area contributed by atoms with Gasteiger partial charge in [-0.05, 0) is 130 Å². The van der Waals surface area contributed by atoms with Gasteiger partial charge < -0.3 is 5.11 Å². The van der Waals surface area contributed by atoms with Gasteiger partial charge in [0.25, 0.3) is 0 Å². The van der Waals surface area contributed by atoms with E-state index in [2.05, 4.69) is 53.4 Å². The van der Waals surface area contributed by atoms with E-state index in [0.717, 1.165) is 47.8 Å². The molecule has 2 nitrogen and oxygen atoms in total. The average molecular weight is 516 g/mol. The van der Waals surface area contributed by atoms with Crippen LogP contribution in [0.5, 0.6) is 0 Å². The van der Waals surface area contributed by atoms with E-state index in [1.165, 1.54) is 103 Å². The highest BCUT2D eigenvalue weighted by Crippen LogP contribution is 2.68. The Bertz CT molecular complexity index is 697. The van der Waals surface area contributed by atoms with Crippen LogP contribution in [0.15, 0.2) is 0 Å². The van der Waals surface area contributed by atoms with E-state index in [9.17, 15) is 5.11 Å². The minimum atomic E-state index is -0.111. The minimum Gasteiger partial charge on any atom is -0.391 e. The smallest absolute Gasteiger partial charge is 0.0698 e. The van der Waals surface area contributed by atoms with Gasteiger partial charge in [-0.25, -0.2) is 0 Å². The molecule has 0 unspecified atom stereocenters. The molecular formula is C35H65NO. The second-order valence-electron chi connectivity index (χ2n) is 15.5. The Morgan fingerprint density at radius 3 is 2.14 bits per heavy atom. The number of fused-ring (bicyclic) bond motifs is 5. The van der Waals surface area contributed by atoms with E-state index in [0.29, 0.717) is 16.9 Å². The summed E-state index contributed by atoms with van der Waals surface area (Å²) in [5.41, 5.74) is 1.02. The van der Waals surface area contributed by atoms with Crippen LogP contribution in [0.1, 0.15) is 145 Å². The molecule has 4 rings (SSSR count). The molecule has 4 aliphatic rings. The third-order valence-corrected chi connectivity index (χ3v) is 13.0. The summed E-state index contributed by atoms with van der Waals surface area (Å²) >= 11 is 0. The lowest BCUT2D eigenvalue weighted by Crippen LogP contribution is -2.60. The Morgan fingerprint density at radius 2 is 1.49 bits per heavy atom. The first kappa shape index (κ1) is 29.9. The fourth-order valence-electron chi connectivity index (χ4n) is 10.8. The number of nitrogens with zero attached hydrogens (tertiary/aromatic N) is 1. The lowest BCUT2D eigenvalue weighted by molar-refractivity contribution is -0.150. The van der Waals surface area contributed by atoms with Crippen molar-refractivity contribution in [3.8, 4) is 0 Å². The number of hydrogen-bond donors (Lipinski definition) is 1. The molecule has 0 aliphatic heterocycles. The summed E-state index contributed by atoms with van der Waals surface area (Å²) in [4.78, 5) is 2.74. The Balaban J connectivity index is 1.48. The second kappa shape index (κ2) is 12.6. The summed E-state index contributed by atoms with van der Waals surface area (Å²) in [7, 11) is 0. The van der Waals surface area contributed by atoms with Crippen molar-refractivity contribution in [2.75, 3.05) is 13.1 Å². The molecule has 4 saturated carbocycles. The summed E-state index contributed by atoms with van der Waals surface area (Å²) in [6.45, 7) is 19.8. The van der Waals surface area contributed by atoms with Gasteiger partial charge >= 0.3 is 0 Å². The van der Waals surface area contributed by atoms with Crippen LogP contribution in [-0.4, -0.2) is 35.2 Å². The van der Waals surface area contributed by atoms with Crippen molar-refractivity contribution >= 4 is 0 Å². The molecule has 4 aliphatic carbocycles. The fraction of sp³-hybridized carbons (Fsp3) is 1.00. The highest BCUT2D eigenvalue weighted by atomic mass is 16.3. The zero-order valence-corrected chi connectivity index (χ0v) is 26.1.